The Bertz CT molecular complexity index is 464. The summed E-state index contributed by atoms with van der Waals surface area (Å²) >= 11 is 11.8. The summed E-state index contributed by atoms with van der Waals surface area (Å²) in [6.07, 6.45) is 0. The predicted octanol–water partition coefficient (Wildman–Crippen LogP) is 3.42. The van der Waals surface area contributed by atoms with E-state index >= 15 is 0 Å². The Morgan fingerprint density at radius 1 is 1.43 bits per heavy atom. The summed E-state index contributed by atoms with van der Waals surface area (Å²) < 4.78 is 1.09. The van der Waals surface area contributed by atoms with Gasteiger partial charge in [0.25, 0.3) is 0 Å². The minimum absolute atomic E-state index is 0.0623. The van der Waals surface area contributed by atoms with Crippen molar-refractivity contribution in [3.63, 3.8) is 0 Å². The molecule has 0 bridgehead atoms. The van der Waals surface area contributed by atoms with Crippen LogP contribution in [0.15, 0.2) is 23.1 Å². The molecule has 1 nitrogen and oxygen atoms in total. The molecule has 14 heavy (non-hydrogen) atoms. The number of fused-ring (bicyclic) bond motifs is 1. The Labute approximate surface area is 96.7 Å². The van der Waals surface area contributed by atoms with Gasteiger partial charge in [0, 0.05) is 19.9 Å². The van der Waals surface area contributed by atoms with Crippen molar-refractivity contribution in [3.8, 4) is 0 Å². The van der Waals surface area contributed by atoms with E-state index in [9.17, 15) is 0 Å². The van der Waals surface area contributed by atoms with Crippen molar-refractivity contribution in [2.45, 2.75) is 17.4 Å². The van der Waals surface area contributed by atoms with Crippen molar-refractivity contribution in [1.82, 2.24) is 0 Å². The number of aliphatic hydroxyl groups excluding tert-OH is 1. The lowest BCUT2D eigenvalue weighted by atomic mass is 10.2. The molecule has 0 spiro atoms. The number of thiol groups is 1. The third-order valence-corrected chi connectivity index (χ3v) is 4.50. The standard InChI is InChI=1S/C10H9ClOS2/c11-4-8-9(13)7-3-1-2-6(5-12)10(7)14-8/h1-3,12-13H,4-5H2. The van der Waals surface area contributed by atoms with Gasteiger partial charge in [-0.2, -0.15) is 0 Å². The first-order valence-electron chi connectivity index (χ1n) is 4.17. The van der Waals surface area contributed by atoms with E-state index in [1.54, 1.807) is 11.3 Å². The van der Waals surface area contributed by atoms with Crippen molar-refractivity contribution in [2.24, 2.45) is 0 Å². The van der Waals surface area contributed by atoms with E-state index in [2.05, 4.69) is 12.6 Å². The van der Waals surface area contributed by atoms with Gasteiger partial charge in [-0.15, -0.1) is 35.6 Å². The lowest BCUT2D eigenvalue weighted by Crippen LogP contribution is -1.80. The molecule has 2 rings (SSSR count). The third kappa shape index (κ3) is 1.54. The summed E-state index contributed by atoms with van der Waals surface area (Å²) in [5.41, 5.74) is 0.944. The first-order chi connectivity index (χ1) is 6.77. The molecule has 1 aromatic carbocycles. The molecule has 0 fully saturated rings. The van der Waals surface area contributed by atoms with Crippen LogP contribution in [-0.2, 0) is 12.5 Å². The van der Waals surface area contributed by atoms with E-state index in [1.807, 2.05) is 18.2 Å². The summed E-state index contributed by atoms with van der Waals surface area (Å²) in [7, 11) is 0. The number of alkyl halides is 1. The van der Waals surface area contributed by atoms with Crippen molar-refractivity contribution in [3.05, 3.63) is 28.6 Å². The van der Waals surface area contributed by atoms with Crippen LogP contribution in [0, 0.1) is 0 Å². The van der Waals surface area contributed by atoms with Crippen LogP contribution in [0.25, 0.3) is 10.1 Å². The van der Waals surface area contributed by atoms with Gasteiger partial charge in [0.15, 0.2) is 0 Å². The Morgan fingerprint density at radius 2 is 2.21 bits per heavy atom. The molecular weight excluding hydrogens is 236 g/mol. The second-order valence-electron chi connectivity index (χ2n) is 2.96. The van der Waals surface area contributed by atoms with Crippen molar-refractivity contribution in [1.29, 1.82) is 0 Å². The molecular formula is C10H9ClOS2. The molecule has 0 radical (unpaired) electrons. The Morgan fingerprint density at radius 3 is 2.86 bits per heavy atom. The van der Waals surface area contributed by atoms with Gasteiger partial charge < -0.3 is 5.11 Å². The highest BCUT2D eigenvalue weighted by molar-refractivity contribution is 7.80. The van der Waals surface area contributed by atoms with Crippen LogP contribution in [0.1, 0.15) is 10.4 Å². The van der Waals surface area contributed by atoms with Crippen LogP contribution in [0.3, 0.4) is 0 Å². The zero-order valence-corrected chi connectivity index (χ0v) is 9.79. The molecule has 0 saturated carbocycles. The Kier molecular flexibility index (Phi) is 3.02. The van der Waals surface area contributed by atoms with Gasteiger partial charge in [-0.25, -0.2) is 0 Å². The number of hydrogen-bond donors (Lipinski definition) is 2. The molecule has 2 aromatic rings. The maximum absolute atomic E-state index is 9.16. The fourth-order valence-electron chi connectivity index (χ4n) is 1.43. The van der Waals surface area contributed by atoms with Crippen LogP contribution >= 0.6 is 35.6 Å². The van der Waals surface area contributed by atoms with Crippen LogP contribution in [0.5, 0.6) is 0 Å². The van der Waals surface area contributed by atoms with E-state index in [0.29, 0.717) is 5.88 Å². The molecule has 0 unspecified atom stereocenters. The average Bonchev–Trinajstić information content (AvgIpc) is 2.55. The molecule has 0 saturated heterocycles. The van der Waals surface area contributed by atoms with Crippen LogP contribution in [0.4, 0.5) is 0 Å². The van der Waals surface area contributed by atoms with Crippen LogP contribution in [-0.4, -0.2) is 5.11 Å². The number of hydrogen-bond acceptors (Lipinski definition) is 3. The van der Waals surface area contributed by atoms with Gasteiger partial charge in [0.1, 0.15) is 0 Å². The largest absolute Gasteiger partial charge is 0.392 e. The molecule has 0 aliphatic carbocycles. The molecule has 1 N–H and O–H groups in total. The van der Waals surface area contributed by atoms with Crippen molar-refractivity contribution < 1.29 is 5.11 Å². The van der Waals surface area contributed by atoms with Gasteiger partial charge >= 0.3 is 0 Å². The zero-order valence-electron chi connectivity index (χ0n) is 7.33. The second kappa shape index (κ2) is 4.11. The summed E-state index contributed by atoms with van der Waals surface area (Å²) in [4.78, 5) is 2.00. The third-order valence-electron chi connectivity index (χ3n) is 2.13. The lowest BCUT2D eigenvalue weighted by Gasteiger charge is -1.97. The predicted molar refractivity (Wildman–Crippen MR) is 64.6 cm³/mol. The normalized spacial score (nSPS) is 11.1. The summed E-state index contributed by atoms with van der Waals surface area (Å²) in [5.74, 6) is 0.475. The smallest absolute Gasteiger partial charge is 0.0695 e. The molecule has 4 heteroatoms. The molecule has 0 aliphatic heterocycles. The van der Waals surface area contributed by atoms with Crippen molar-refractivity contribution in [2.75, 3.05) is 0 Å². The van der Waals surface area contributed by atoms with Gasteiger partial charge in [-0.05, 0) is 5.56 Å². The fourth-order valence-corrected chi connectivity index (χ4v) is 3.35. The zero-order chi connectivity index (χ0) is 10.1. The van der Waals surface area contributed by atoms with E-state index in [-0.39, 0.29) is 6.61 Å². The molecule has 0 aliphatic rings. The first kappa shape index (κ1) is 10.3. The van der Waals surface area contributed by atoms with E-state index in [4.69, 9.17) is 16.7 Å². The number of thiophene rings is 1. The quantitative estimate of drug-likeness (QED) is 0.613. The molecule has 1 aromatic heterocycles. The first-order valence-corrected chi connectivity index (χ1v) is 5.96. The number of rotatable bonds is 2. The minimum atomic E-state index is 0.0623. The number of benzene rings is 1. The Hall–Kier alpha value is -0.220. The van der Waals surface area contributed by atoms with Gasteiger partial charge in [0.2, 0.25) is 0 Å². The van der Waals surface area contributed by atoms with Crippen LogP contribution < -0.4 is 0 Å². The second-order valence-corrected chi connectivity index (χ2v) is 4.78. The van der Waals surface area contributed by atoms with Gasteiger partial charge in [0.05, 0.1) is 12.5 Å². The highest BCUT2D eigenvalue weighted by Crippen LogP contribution is 2.36. The summed E-state index contributed by atoms with van der Waals surface area (Å²) in [5, 5.41) is 10.2. The van der Waals surface area contributed by atoms with E-state index < -0.39 is 0 Å². The number of aliphatic hydroxyl groups is 1. The average molecular weight is 245 g/mol. The topological polar surface area (TPSA) is 20.2 Å². The fraction of sp³-hybridized carbons (Fsp3) is 0.200. The van der Waals surface area contributed by atoms with Crippen molar-refractivity contribution >= 4 is 45.7 Å². The highest BCUT2D eigenvalue weighted by atomic mass is 35.5. The summed E-state index contributed by atoms with van der Waals surface area (Å²) in [6.45, 7) is 0.0623. The van der Waals surface area contributed by atoms with Gasteiger partial charge in [-0.1, -0.05) is 18.2 Å². The number of halogens is 1. The maximum atomic E-state index is 9.16. The highest BCUT2D eigenvalue weighted by Gasteiger charge is 2.10. The maximum Gasteiger partial charge on any atom is 0.0695 e. The van der Waals surface area contributed by atoms with Crippen LogP contribution in [0.2, 0.25) is 0 Å². The minimum Gasteiger partial charge on any atom is -0.392 e. The monoisotopic (exact) mass is 244 g/mol. The van der Waals surface area contributed by atoms with E-state index in [1.165, 1.54) is 0 Å². The molecule has 0 atom stereocenters. The van der Waals surface area contributed by atoms with Gasteiger partial charge in [-0.3, -0.25) is 0 Å². The molecule has 0 amide bonds. The SMILES string of the molecule is OCc1cccc2c(S)c(CCl)sc12. The Balaban J connectivity index is 2.77. The lowest BCUT2D eigenvalue weighted by molar-refractivity contribution is 0.283. The molecule has 1 heterocycles. The molecule has 74 valence electrons. The summed E-state index contributed by atoms with van der Waals surface area (Å²) in [6, 6.07) is 5.85. The van der Waals surface area contributed by atoms with E-state index in [0.717, 1.165) is 25.4 Å².